The zero-order valence-electron chi connectivity index (χ0n) is 31.0. The van der Waals surface area contributed by atoms with Gasteiger partial charge in [0.05, 0.1) is 39.0 Å². The van der Waals surface area contributed by atoms with E-state index in [2.05, 4.69) is 46.3 Å². The van der Waals surface area contributed by atoms with Crippen LogP contribution in [-0.4, -0.2) is 54.7 Å². The van der Waals surface area contributed by atoms with Crippen molar-refractivity contribution in [3.63, 3.8) is 0 Å². The highest BCUT2D eigenvalue weighted by Gasteiger charge is 2.16. The Morgan fingerprint density at radius 3 is 1.76 bits per heavy atom. The number of aromatic nitrogens is 2. The van der Waals surface area contributed by atoms with Gasteiger partial charge < -0.3 is 29.1 Å². The molecule has 0 radical (unpaired) electrons. The Labute approximate surface area is 360 Å². The van der Waals surface area contributed by atoms with Crippen LogP contribution in [0, 0.1) is 0 Å². The van der Waals surface area contributed by atoms with E-state index >= 15 is 0 Å². The molecule has 0 aliphatic carbocycles. The maximum atomic E-state index is 12.2. The summed E-state index contributed by atoms with van der Waals surface area (Å²) >= 11 is 18.6. The van der Waals surface area contributed by atoms with Crippen LogP contribution in [0.15, 0.2) is 114 Å². The molecule has 0 aliphatic heterocycles. The van der Waals surface area contributed by atoms with E-state index < -0.39 is 13.1 Å². The van der Waals surface area contributed by atoms with Crippen molar-refractivity contribution in [1.82, 2.24) is 9.13 Å². The second-order valence-corrected chi connectivity index (χ2v) is 17.4. The smallest absolute Gasteiger partial charge is 0.481 e. The van der Waals surface area contributed by atoms with Crippen molar-refractivity contribution in [3.8, 4) is 10.4 Å². The molecule has 0 bridgehead atoms. The number of aliphatic carboxylic acids is 1. The van der Waals surface area contributed by atoms with Crippen LogP contribution < -0.4 is 4.78 Å². The largest absolute Gasteiger partial charge is 0.499 e. The highest BCUT2D eigenvalue weighted by molar-refractivity contribution is 9.10. The average molecular weight is 919 g/mol. The Morgan fingerprint density at radius 2 is 1.21 bits per heavy atom. The molecule has 3 N–H and O–H groups in total. The van der Waals surface area contributed by atoms with Gasteiger partial charge in [0, 0.05) is 56.8 Å². The zero-order valence-corrected chi connectivity index (χ0v) is 35.8. The molecule has 58 heavy (non-hydrogen) atoms. The molecule has 0 spiro atoms. The van der Waals surface area contributed by atoms with Crippen molar-refractivity contribution >= 4 is 139 Å². The number of carbonyl (C=O) groups is 4. The number of benzene rings is 4. The topological polar surface area (TPSA) is 139 Å². The fraction of sp³-hybridized carbons (Fsp3) is 0.163. The van der Waals surface area contributed by atoms with Crippen molar-refractivity contribution < 1.29 is 34.3 Å². The van der Waals surface area contributed by atoms with Crippen LogP contribution in [0.5, 0.6) is 0 Å². The summed E-state index contributed by atoms with van der Waals surface area (Å²) in [4.78, 5) is 46.5. The molecule has 4 heterocycles. The van der Waals surface area contributed by atoms with Gasteiger partial charge in [-0.05, 0) is 88.6 Å². The van der Waals surface area contributed by atoms with Crippen LogP contribution in [0.25, 0.3) is 52.4 Å². The predicted molar refractivity (Wildman–Crippen MR) is 241 cm³/mol. The summed E-state index contributed by atoms with van der Waals surface area (Å²) in [6.07, 6.45) is 4.34. The molecule has 8 aromatic rings. The van der Waals surface area contributed by atoms with Crippen LogP contribution in [0.1, 0.15) is 32.6 Å². The van der Waals surface area contributed by atoms with Crippen molar-refractivity contribution in [1.29, 1.82) is 0 Å². The molecule has 9 nitrogen and oxygen atoms in total. The monoisotopic (exact) mass is 916 g/mol. The van der Waals surface area contributed by atoms with Gasteiger partial charge in [-0.25, -0.2) is 0 Å². The minimum Gasteiger partial charge on any atom is -0.481 e. The quantitative estimate of drug-likeness (QED) is 0.104. The number of halogens is 3. The molecular formula is C43H36BBrCl2N2O7S2. The number of hydrogen-bond acceptors (Lipinski definition) is 8. The van der Waals surface area contributed by atoms with E-state index in [-0.39, 0.29) is 36.7 Å². The summed E-state index contributed by atoms with van der Waals surface area (Å²) in [6.45, 7) is 2.02. The molecule has 0 atom stereocenters. The number of carbonyl (C=O) groups excluding carboxylic acids is 3. The lowest BCUT2D eigenvalue weighted by Crippen LogP contribution is -2.26. The summed E-state index contributed by atoms with van der Waals surface area (Å²) in [5.74, 6) is -0.897. The van der Waals surface area contributed by atoms with Gasteiger partial charge in [-0.1, -0.05) is 81.6 Å². The molecular weight excluding hydrogens is 882 g/mol. The number of rotatable bonds is 12. The predicted octanol–water partition coefficient (Wildman–Crippen LogP) is 10.2. The molecule has 0 unspecified atom stereocenters. The van der Waals surface area contributed by atoms with Gasteiger partial charge in [0.15, 0.2) is 11.6 Å². The third-order valence-corrected chi connectivity index (χ3v) is 12.9. The molecule has 296 valence electrons. The molecule has 0 amide bonds. The van der Waals surface area contributed by atoms with E-state index in [0.29, 0.717) is 29.2 Å². The summed E-state index contributed by atoms with van der Waals surface area (Å²) in [6, 6.07) is 31.4. The third-order valence-electron chi connectivity index (χ3n) is 9.13. The first-order chi connectivity index (χ1) is 27.7. The number of carboxylic acids is 1. The Balaban J connectivity index is 0.000000158. The van der Waals surface area contributed by atoms with Crippen LogP contribution in [0.4, 0.5) is 0 Å². The van der Waals surface area contributed by atoms with E-state index in [1.165, 1.54) is 18.3 Å². The minimum absolute atomic E-state index is 0.0476. The van der Waals surface area contributed by atoms with E-state index in [9.17, 15) is 19.2 Å². The second-order valence-electron chi connectivity index (χ2n) is 13.5. The summed E-state index contributed by atoms with van der Waals surface area (Å²) in [5, 5.41) is 32.1. The van der Waals surface area contributed by atoms with Gasteiger partial charge in [-0.2, -0.15) is 0 Å². The van der Waals surface area contributed by atoms with Gasteiger partial charge in [-0.3, -0.25) is 14.4 Å². The van der Waals surface area contributed by atoms with E-state index in [4.69, 9.17) is 38.4 Å². The van der Waals surface area contributed by atoms with E-state index in [1.54, 1.807) is 23.5 Å². The molecule has 0 saturated heterocycles. The van der Waals surface area contributed by atoms with Crippen LogP contribution in [0.2, 0.25) is 10.0 Å². The first-order valence-corrected chi connectivity index (χ1v) is 21.2. The number of fused-ring (bicyclic) bond motifs is 4. The number of hydrogen-bond donors (Lipinski definition) is 3. The fourth-order valence-electron chi connectivity index (χ4n) is 6.21. The summed E-state index contributed by atoms with van der Waals surface area (Å²) in [5.41, 5.74) is 3.09. The number of nitrogens with zero attached hydrogens (tertiary/aromatic N) is 2. The summed E-state index contributed by atoms with van der Waals surface area (Å²) in [7, 11) is -1.41. The van der Waals surface area contributed by atoms with E-state index in [1.807, 2.05) is 76.1 Å². The van der Waals surface area contributed by atoms with Crippen LogP contribution in [-0.2, 0) is 32.3 Å². The molecule has 8 rings (SSSR count). The van der Waals surface area contributed by atoms with Crippen molar-refractivity contribution in [3.05, 3.63) is 124 Å². The maximum absolute atomic E-state index is 12.2. The van der Waals surface area contributed by atoms with Gasteiger partial charge in [-0.15, -0.1) is 22.7 Å². The standard InChI is InChI=1S/C22H18ClNO2S.C13H12BrNO3.C8H6BClO2S/c1-14(25)5-8-18(26)13-24-10-9-15-6-7-16(11-20(15)24)21-12-17-3-2-4-19(23)22(17)27-21;14-10-2-1-9-5-6-15(12(9)7-10)8-11(16)3-4-13(17)18;10-6-3-1-2-5-4-7(9(11)12)13-8(5)6/h2-4,6-7,9-12H,5,8,13H2,1H3;1-2,5-7H,3-4,8H2,(H,17,18);1-4,11-12H. The highest BCUT2D eigenvalue weighted by Crippen LogP contribution is 2.38. The highest BCUT2D eigenvalue weighted by atomic mass is 79.9. The maximum Gasteiger partial charge on any atom is 0.499 e. The molecule has 0 aliphatic rings. The summed E-state index contributed by atoms with van der Waals surface area (Å²) < 4.78 is 7.25. The lowest BCUT2D eigenvalue weighted by molar-refractivity contribution is -0.138. The lowest BCUT2D eigenvalue weighted by Gasteiger charge is -2.06. The second kappa shape index (κ2) is 19.4. The Morgan fingerprint density at radius 1 is 0.655 bits per heavy atom. The van der Waals surface area contributed by atoms with Crippen LogP contribution >= 0.6 is 61.8 Å². The van der Waals surface area contributed by atoms with E-state index in [0.717, 1.165) is 61.9 Å². The van der Waals surface area contributed by atoms with Gasteiger partial charge in [0.1, 0.15) is 5.78 Å². The molecule has 4 aromatic heterocycles. The van der Waals surface area contributed by atoms with Crippen LogP contribution in [0.3, 0.4) is 0 Å². The fourth-order valence-corrected chi connectivity index (χ4v) is 9.16. The van der Waals surface area contributed by atoms with Crippen molar-refractivity contribution in [2.75, 3.05) is 0 Å². The first kappa shape index (κ1) is 43.0. The number of carboxylic acid groups (broad SMARTS) is 1. The van der Waals surface area contributed by atoms with Gasteiger partial charge >= 0.3 is 13.1 Å². The van der Waals surface area contributed by atoms with Gasteiger partial charge in [0.25, 0.3) is 0 Å². The molecule has 15 heteroatoms. The SMILES string of the molecule is CC(=O)CCC(=O)Cn1ccc2ccc(-c3cc4cccc(Cl)c4s3)cc21.O=C(O)CCC(=O)Cn1ccc2ccc(Br)cc21.OB(O)c1cc2cccc(Cl)c2s1. The number of Topliss-reactive ketones (excluding diaryl/α,β-unsaturated/α-hetero) is 3. The Hall–Kier alpha value is -4.60. The zero-order chi connectivity index (χ0) is 41.5. The normalized spacial score (nSPS) is 11.0. The molecule has 4 aromatic carbocycles. The Bertz CT molecular complexity index is 2790. The third kappa shape index (κ3) is 10.9. The minimum atomic E-state index is -1.41. The Kier molecular flexibility index (Phi) is 14.4. The first-order valence-electron chi connectivity index (χ1n) is 18.1. The number of thiophene rings is 2. The molecule has 0 fully saturated rings. The number of ketones is 3. The molecule has 0 saturated carbocycles. The average Bonchev–Trinajstić information content (AvgIpc) is 4.00. The lowest BCUT2D eigenvalue weighted by atomic mass is 9.89. The van der Waals surface area contributed by atoms with Crippen molar-refractivity contribution in [2.24, 2.45) is 0 Å². The van der Waals surface area contributed by atoms with Gasteiger partial charge in [0.2, 0.25) is 0 Å². The van der Waals surface area contributed by atoms with Crippen molar-refractivity contribution in [2.45, 2.75) is 45.7 Å².